The zero-order valence-corrected chi connectivity index (χ0v) is 16.6. The molecule has 0 spiro atoms. The summed E-state index contributed by atoms with van der Waals surface area (Å²) in [6.07, 6.45) is 3.85. The Morgan fingerprint density at radius 2 is 2.07 bits per heavy atom. The Morgan fingerprint density at radius 3 is 2.81 bits per heavy atom. The summed E-state index contributed by atoms with van der Waals surface area (Å²) in [5.41, 5.74) is 0.902. The van der Waals surface area contributed by atoms with Crippen molar-refractivity contribution in [1.29, 1.82) is 0 Å². The molecule has 6 nitrogen and oxygen atoms in total. The molecule has 27 heavy (non-hydrogen) atoms. The largest absolute Gasteiger partial charge is 0.459 e. The number of rotatable bonds is 7. The summed E-state index contributed by atoms with van der Waals surface area (Å²) in [7, 11) is 0. The van der Waals surface area contributed by atoms with E-state index in [-0.39, 0.29) is 6.04 Å². The predicted octanol–water partition coefficient (Wildman–Crippen LogP) is 4.10. The lowest BCUT2D eigenvalue weighted by atomic mass is 10.2. The molecular formula is C21H29N5O. The number of guanidine groups is 1. The van der Waals surface area contributed by atoms with Crippen LogP contribution in [0.5, 0.6) is 0 Å². The fourth-order valence-corrected chi connectivity index (χ4v) is 3.01. The zero-order valence-electron chi connectivity index (χ0n) is 16.6. The number of hydrogen-bond donors (Lipinski definition) is 2. The summed E-state index contributed by atoms with van der Waals surface area (Å²) in [6.45, 7) is 10.8. The van der Waals surface area contributed by atoms with Crippen LogP contribution in [0.1, 0.15) is 45.3 Å². The minimum atomic E-state index is 0.00519. The Balaban J connectivity index is 1.71. The van der Waals surface area contributed by atoms with Gasteiger partial charge in [0.05, 0.1) is 6.04 Å². The number of aliphatic imine (C=N–C) groups is 1. The average molecular weight is 367 g/mol. The van der Waals surface area contributed by atoms with Gasteiger partial charge in [-0.05, 0) is 31.9 Å². The highest BCUT2D eigenvalue weighted by Gasteiger charge is 2.13. The summed E-state index contributed by atoms with van der Waals surface area (Å²) in [4.78, 5) is 9.16. The molecule has 2 aromatic heterocycles. The van der Waals surface area contributed by atoms with Crippen LogP contribution in [0, 0.1) is 5.92 Å². The van der Waals surface area contributed by atoms with Crippen LogP contribution in [-0.2, 0) is 13.1 Å². The Kier molecular flexibility index (Phi) is 6.16. The zero-order chi connectivity index (χ0) is 19.2. The maximum absolute atomic E-state index is 5.96. The van der Waals surface area contributed by atoms with Crippen molar-refractivity contribution in [2.45, 2.75) is 46.8 Å². The molecule has 0 aliphatic carbocycles. The predicted molar refractivity (Wildman–Crippen MR) is 110 cm³/mol. The van der Waals surface area contributed by atoms with Crippen molar-refractivity contribution >= 4 is 16.9 Å². The molecule has 3 aromatic rings. The SMILES string of the molecule is CCNC(=NCc1nccn1CC(C)C)NC(C)c1cc2ccccc2o1. The van der Waals surface area contributed by atoms with Crippen molar-refractivity contribution in [3.63, 3.8) is 0 Å². The Labute approximate surface area is 160 Å². The lowest BCUT2D eigenvalue weighted by Gasteiger charge is -2.16. The van der Waals surface area contributed by atoms with Crippen LogP contribution in [0.25, 0.3) is 11.0 Å². The standard InChI is InChI=1S/C21H29N5O/c1-5-22-21(24-13-20-23-10-11-26(20)14-15(2)3)25-16(4)19-12-17-8-6-7-9-18(17)27-19/h6-12,15-16H,5,13-14H2,1-4H3,(H2,22,24,25). The quantitative estimate of drug-likeness (QED) is 0.487. The summed E-state index contributed by atoms with van der Waals surface area (Å²) in [5.74, 6) is 3.19. The second-order valence-electron chi connectivity index (χ2n) is 7.14. The number of aromatic nitrogens is 2. The van der Waals surface area contributed by atoms with Gasteiger partial charge in [-0.25, -0.2) is 9.98 Å². The van der Waals surface area contributed by atoms with Gasteiger partial charge in [-0.1, -0.05) is 32.0 Å². The van der Waals surface area contributed by atoms with Crippen molar-refractivity contribution in [1.82, 2.24) is 20.2 Å². The summed E-state index contributed by atoms with van der Waals surface area (Å²) in [5, 5.41) is 7.84. The maximum Gasteiger partial charge on any atom is 0.192 e. The van der Waals surface area contributed by atoms with Crippen molar-refractivity contribution in [2.24, 2.45) is 10.9 Å². The number of nitrogens with one attached hydrogen (secondary N) is 2. The van der Waals surface area contributed by atoms with Crippen LogP contribution in [-0.4, -0.2) is 22.1 Å². The van der Waals surface area contributed by atoms with Crippen LogP contribution in [0.2, 0.25) is 0 Å². The van der Waals surface area contributed by atoms with Crippen LogP contribution in [0.15, 0.2) is 52.1 Å². The number of fused-ring (bicyclic) bond motifs is 1. The normalized spacial score (nSPS) is 13.3. The Bertz CT molecular complexity index is 860. The van der Waals surface area contributed by atoms with Crippen LogP contribution >= 0.6 is 0 Å². The van der Waals surface area contributed by atoms with E-state index in [1.54, 1.807) is 0 Å². The van der Waals surface area contributed by atoms with Gasteiger partial charge in [0.2, 0.25) is 0 Å². The molecule has 1 unspecified atom stereocenters. The van der Waals surface area contributed by atoms with Crippen molar-refractivity contribution in [3.8, 4) is 0 Å². The smallest absolute Gasteiger partial charge is 0.192 e. The van der Waals surface area contributed by atoms with Gasteiger partial charge in [0.25, 0.3) is 0 Å². The molecule has 0 aliphatic heterocycles. The molecule has 2 heterocycles. The van der Waals surface area contributed by atoms with Gasteiger partial charge in [-0.2, -0.15) is 0 Å². The highest BCUT2D eigenvalue weighted by atomic mass is 16.3. The third kappa shape index (κ3) is 4.90. The van der Waals surface area contributed by atoms with Crippen molar-refractivity contribution < 1.29 is 4.42 Å². The number of nitrogens with zero attached hydrogens (tertiary/aromatic N) is 3. The number of furan rings is 1. The Hall–Kier alpha value is -2.76. The minimum absolute atomic E-state index is 0.00519. The van der Waals surface area contributed by atoms with E-state index in [1.165, 1.54) is 0 Å². The second-order valence-corrected chi connectivity index (χ2v) is 7.14. The molecule has 0 amide bonds. The highest BCUT2D eigenvalue weighted by Crippen LogP contribution is 2.23. The molecule has 0 radical (unpaired) electrons. The van der Waals surface area contributed by atoms with Gasteiger partial charge >= 0.3 is 0 Å². The van der Waals surface area contributed by atoms with Crippen LogP contribution in [0.3, 0.4) is 0 Å². The molecular weight excluding hydrogens is 338 g/mol. The minimum Gasteiger partial charge on any atom is -0.459 e. The highest BCUT2D eigenvalue weighted by molar-refractivity contribution is 5.81. The molecule has 3 rings (SSSR count). The van der Waals surface area contributed by atoms with E-state index in [2.05, 4.69) is 60.0 Å². The van der Waals surface area contributed by atoms with E-state index in [1.807, 2.05) is 30.6 Å². The fourth-order valence-electron chi connectivity index (χ4n) is 3.01. The van der Waals surface area contributed by atoms with E-state index in [0.717, 1.165) is 41.6 Å². The maximum atomic E-state index is 5.96. The summed E-state index contributed by atoms with van der Waals surface area (Å²) >= 11 is 0. The van der Waals surface area contributed by atoms with Gasteiger partial charge in [0.1, 0.15) is 23.7 Å². The third-order valence-electron chi connectivity index (χ3n) is 4.31. The van der Waals surface area contributed by atoms with E-state index < -0.39 is 0 Å². The first kappa shape index (κ1) is 19.0. The molecule has 6 heteroatoms. The Morgan fingerprint density at radius 1 is 1.26 bits per heavy atom. The molecule has 2 N–H and O–H groups in total. The van der Waals surface area contributed by atoms with Gasteiger partial charge in [-0.15, -0.1) is 0 Å². The van der Waals surface area contributed by atoms with E-state index in [9.17, 15) is 0 Å². The first-order valence-corrected chi connectivity index (χ1v) is 9.60. The van der Waals surface area contributed by atoms with Crippen LogP contribution in [0.4, 0.5) is 0 Å². The van der Waals surface area contributed by atoms with Gasteiger partial charge in [0, 0.05) is 30.9 Å². The second kappa shape index (κ2) is 8.75. The average Bonchev–Trinajstić information content (AvgIpc) is 3.25. The van der Waals surface area contributed by atoms with E-state index in [4.69, 9.17) is 9.41 Å². The molecule has 0 saturated heterocycles. The van der Waals surface area contributed by atoms with Gasteiger partial charge in [-0.3, -0.25) is 0 Å². The lowest BCUT2D eigenvalue weighted by molar-refractivity contribution is 0.487. The van der Waals surface area contributed by atoms with Crippen molar-refractivity contribution in [3.05, 3.63) is 54.3 Å². The molecule has 0 aliphatic rings. The monoisotopic (exact) mass is 367 g/mol. The number of benzene rings is 1. The molecule has 0 bridgehead atoms. The van der Waals surface area contributed by atoms with E-state index in [0.29, 0.717) is 12.5 Å². The topological polar surface area (TPSA) is 67.4 Å². The number of imidazole rings is 1. The summed E-state index contributed by atoms with van der Waals surface area (Å²) < 4.78 is 8.13. The van der Waals surface area contributed by atoms with Gasteiger partial charge < -0.3 is 19.6 Å². The van der Waals surface area contributed by atoms with E-state index >= 15 is 0 Å². The van der Waals surface area contributed by atoms with Crippen LogP contribution < -0.4 is 10.6 Å². The first-order valence-electron chi connectivity index (χ1n) is 9.60. The molecule has 0 saturated carbocycles. The van der Waals surface area contributed by atoms with Crippen molar-refractivity contribution in [2.75, 3.05) is 6.54 Å². The molecule has 144 valence electrons. The number of para-hydroxylation sites is 1. The fraction of sp³-hybridized carbons (Fsp3) is 0.429. The number of hydrogen-bond acceptors (Lipinski definition) is 3. The molecule has 1 atom stereocenters. The first-order chi connectivity index (χ1) is 13.1. The molecule has 0 fully saturated rings. The van der Waals surface area contributed by atoms with Gasteiger partial charge in [0.15, 0.2) is 5.96 Å². The summed E-state index contributed by atoms with van der Waals surface area (Å²) in [6, 6.07) is 10.1. The third-order valence-corrected chi connectivity index (χ3v) is 4.31. The molecule has 1 aromatic carbocycles. The lowest BCUT2D eigenvalue weighted by Crippen LogP contribution is -2.38.